The van der Waals surface area contributed by atoms with E-state index in [9.17, 15) is 14.1 Å². The lowest BCUT2D eigenvalue weighted by molar-refractivity contribution is 0.0975. The van der Waals surface area contributed by atoms with Crippen LogP contribution in [0.2, 0.25) is 5.02 Å². The lowest BCUT2D eigenvalue weighted by atomic mass is 10.0. The SMILES string of the molecule is CC(C)(CCC(=O)c1cc2cc(Cl)ccc2[nH]c1=O)[S@+](N)[O-]. The number of pyridine rings is 1. The molecule has 0 amide bonds. The number of aromatic nitrogens is 1. The molecule has 1 atom stereocenters. The van der Waals surface area contributed by atoms with E-state index in [1.807, 2.05) is 0 Å². The number of H-pyrrole nitrogens is 1. The second-order valence-corrected chi connectivity index (χ2v) is 7.86. The zero-order valence-corrected chi connectivity index (χ0v) is 13.9. The van der Waals surface area contributed by atoms with Crippen molar-refractivity contribution in [3.05, 3.63) is 45.2 Å². The van der Waals surface area contributed by atoms with Crippen LogP contribution in [0.15, 0.2) is 29.1 Å². The average molecular weight is 341 g/mol. The van der Waals surface area contributed by atoms with Gasteiger partial charge in [-0.05, 0) is 38.1 Å². The molecular formula is C15H17ClN2O3S. The van der Waals surface area contributed by atoms with E-state index in [1.54, 1.807) is 32.0 Å². The summed E-state index contributed by atoms with van der Waals surface area (Å²) in [4.78, 5) is 27.0. The maximum Gasteiger partial charge on any atom is 0.259 e. The molecule has 0 spiro atoms. The quantitative estimate of drug-likeness (QED) is 0.645. The summed E-state index contributed by atoms with van der Waals surface area (Å²) in [7, 11) is 0. The molecule has 0 unspecified atom stereocenters. The molecular weight excluding hydrogens is 324 g/mol. The number of ketones is 1. The number of rotatable bonds is 5. The van der Waals surface area contributed by atoms with Crippen molar-refractivity contribution in [1.29, 1.82) is 0 Å². The lowest BCUT2D eigenvalue weighted by Gasteiger charge is -2.23. The Morgan fingerprint density at radius 2 is 2.09 bits per heavy atom. The number of carbonyl (C=O) groups excluding carboxylic acids is 1. The van der Waals surface area contributed by atoms with Crippen LogP contribution in [0.5, 0.6) is 0 Å². The number of carbonyl (C=O) groups is 1. The van der Waals surface area contributed by atoms with Crippen LogP contribution < -0.4 is 10.7 Å². The molecule has 0 radical (unpaired) electrons. The van der Waals surface area contributed by atoms with Crippen LogP contribution in [0, 0.1) is 0 Å². The molecule has 0 saturated carbocycles. The number of aromatic amines is 1. The van der Waals surface area contributed by atoms with Crippen LogP contribution >= 0.6 is 11.6 Å². The van der Waals surface area contributed by atoms with E-state index < -0.39 is 21.7 Å². The molecule has 0 bridgehead atoms. The predicted octanol–water partition coefficient (Wildman–Crippen LogP) is 2.55. The smallest absolute Gasteiger partial charge is 0.259 e. The van der Waals surface area contributed by atoms with Gasteiger partial charge in [0.1, 0.15) is 4.75 Å². The third kappa shape index (κ3) is 3.70. The fraction of sp³-hybridized carbons (Fsp3) is 0.333. The Balaban J connectivity index is 2.28. The van der Waals surface area contributed by atoms with Gasteiger partial charge in [0.05, 0.1) is 5.56 Å². The van der Waals surface area contributed by atoms with Crippen molar-refractivity contribution in [1.82, 2.24) is 4.98 Å². The summed E-state index contributed by atoms with van der Waals surface area (Å²) in [5.74, 6) is -0.304. The van der Waals surface area contributed by atoms with E-state index in [2.05, 4.69) is 4.98 Å². The van der Waals surface area contributed by atoms with Crippen molar-refractivity contribution < 1.29 is 9.35 Å². The number of halogens is 1. The van der Waals surface area contributed by atoms with Gasteiger partial charge in [0.15, 0.2) is 5.78 Å². The molecule has 7 heteroatoms. The molecule has 0 aliphatic heterocycles. The van der Waals surface area contributed by atoms with Crippen molar-refractivity contribution in [2.75, 3.05) is 0 Å². The number of hydrogen-bond donors (Lipinski definition) is 2. The molecule has 0 aliphatic rings. The molecule has 118 valence electrons. The van der Waals surface area contributed by atoms with Crippen molar-refractivity contribution in [2.24, 2.45) is 5.14 Å². The molecule has 22 heavy (non-hydrogen) atoms. The second kappa shape index (κ2) is 6.42. The zero-order valence-electron chi connectivity index (χ0n) is 12.3. The van der Waals surface area contributed by atoms with Gasteiger partial charge in [-0.3, -0.25) is 9.59 Å². The van der Waals surface area contributed by atoms with Gasteiger partial charge >= 0.3 is 0 Å². The van der Waals surface area contributed by atoms with Crippen LogP contribution in [0.3, 0.4) is 0 Å². The van der Waals surface area contributed by atoms with Gasteiger partial charge in [0.25, 0.3) is 5.56 Å². The fourth-order valence-electron chi connectivity index (χ4n) is 2.03. The first kappa shape index (κ1) is 17.0. The Kier molecular flexibility index (Phi) is 4.97. The molecule has 3 N–H and O–H groups in total. The van der Waals surface area contributed by atoms with Gasteiger partial charge in [-0.1, -0.05) is 11.6 Å². The fourth-order valence-corrected chi connectivity index (χ4v) is 2.52. The minimum absolute atomic E-state index is 0.0772. The van der Waals surface area contributed by atoms with E-state index in [-0.39, 0.29) is 17.8 Å². The summed E-state index contributed by atoms with van der Waals surface area (Å²) in [6.07, 6.45) is 0.438. The van der Waals surface area contributed by atoms with E-state index in [0.717, 1.165) is 0 Å². The zero-order chi connectivity index (χ0) is 16.5. The highest BCUT2D eigenvalue weighted by molar-refractivity contribution is 7.90. The molecule has 5 nitrogen and oxygen atoms in total. The Bertz CT molecular complexity index is 771. The van der Waals surface area contributed by atoms with Gasteiger partial charge in [-0.25, -0.2) is 0 Å². The summed E-state index contributed by atoms with van der Waals surface area (Å²) in [6.45, 7) is 3.45. The van der Waals surface area contributed by atoms with E-state index in [1.165, 1.54) is 6.07 Å². The molecule has 2 aromatic rings. The lowest BCUT2D eigenvalue weighted by Crippen LogP contribution is -2.38. The second-order valence-electron chi connectivity index (χ2n) is 5.72. The normalized spacial score (nSPS) is 13.3. The van der Waals surface area contributed by atoms with Gasteiger partial charge in [-0.15, -0.1) is 0 Å². The molecule has 0 saturated heterocycles. The van der Waals surface area contributed by atoms with Gasteiger partial charge in [0.2, 0.25) is 0 Å². The summed E-state index contributed by atoms with van der Waals surface area (Å²) >= 11 is 4.39. The number of fused-ring (bicyclic) bond motifs is 1. The predicted molar refractivity (Wildman–Crippen MR) is 89.6 cm³/mol. The Morgan fingerprint density at radius 1 is 1.41 bits per heavy atom. The third-order valence-electron chi connectivity index (χ3n) is 3.61. The monoisotopic (exact) mass is 340 g/mol. The van der Waals surface area contributed by atoms with Crippen molar-refractivity contribution in [3.63, 3.8) is 0 Å². The molecule has 0 fully saturated rings. The summed E-state index contributed by atoms with van der Waals surface area (Å²) in [6, 6.07) is 6.58. The number of Topliss-reactive ketones (excluding diaryl/α,β-unsaturated/α-hetero) is 1. The minimum atomic E-state index is -1.54. The first-order valence-electron chi connectivity index (χ1n) is 6.73. The largest absolute Gasteiger partial charge is 0.598 e. The average Bonchev–Trinajstić information content (AvgIpc) is 2.44. The number of nitrogens with two attached hydrogens (primary N) is 1. The Morgan fingerprint density at radius 3 is 2.73 bits per heavy atom. The highest BCUT2D eigenvalue weighted by atomic mass is 35.5. The molecule has 1 heterocycles. The maximum absolute atomic E-state index is 12.3. The molecule has 2 rings (SSSR count). The van der Waals surface area contributed by atoms with E-state index in [4.69, 9.17) is 16.7 Å². The van der Waals surface area contributed by atoms with Crippen molar-refractivity contribution in [2.45, 2.75) is 31.4 Å². The van der Waals surface area contributed by atoms with Gasteiger partial charge in [0, 0.05) is 40.1 Å². The molecule has 0 aliphatic carbocycles. The van der Waals surface area contributed by atoms with Crippen molar-refractivity contribution in [3.8, 4) is 0 Å². The van der Waals surface area contributed by atoms with Gasteiger partial charge < -0.3 is 9.54 Å². The highest BCUT2D eigenvalue weighted by Crippen LogP contribution is 2.22. The summed E-state index contributed by atoms with van der Waals surface area (Å²) < 4.78 is 10.7. The van der Waals surface area contributed by atoms with Crippen LogP contribution in [-0.2, 0) is 11.4 Å². The summed E-state index contributed by atoms with van der Waals surface area (Å²) in [5, 5.41) is 6.61. The Hall–Kier alpha value is -1.34. The topological polar surface area (TPSA) is 99.0 Å². The Labute approximate surface area is 136 Å². The van der Waals surface area contributed by atoms with Crippen LogP contribution in [0.1, 0.15) is 37.0 Å². The van der Waals surface area contributed by atoms with Crippen molar-refractivity contribution >= 4 is 39.6 Å². The van der Waals surface area contributed by atoms with E-state index in [0.29, 0.717) is 22.3 Å². The van der Waals surface area contributed by atoms with E-state index >= 15 is 0 Å². The third-order valence-corrected chi connectivity index (χ3v) is 5.13. The highest BCUT2D eigenvalue weighted by Gasteiger charge is 2.30. The van der Waals surface area contributed by atoms with Gasteiger partial charge in [-0.2, -0.15) is 5.14 Å². The van der Waals surface area contributed by atoms with Crippen LogP contribution in [0.25, 0.3) is 10.9 Å². The number of hydrogen-bond acceptors (Lipinski definition) is 4. The summed E-state index contributed by atoms with van der Waals surface area (Å²) in [5.41, 5.74) is 0.259. The van der Waals surface area contributed by atoms with Crippen LogP contribution in [-0.4, -0.2) is 20.1 Å². The number of benzene rings is 1. The standard InChI is InChI=1S/C15H17ClN2O3S/c1-15(2,22(17)21)6-5-13(19)11-8-9-7-10(16)3-4-12(9)18-14(11)20/h3-4,7-8H,5-6,17H2,1-2H3,(H,18,20)/t22-/m1/s1. The van der Waals surface area contributed by atoms with Crippen LogP contribution in [0.4, 0.5) is 0 Å². The first-order valence-corrected chi connectivity index (χ1v) is 8.32. The first-order chi connectivity index (χ1) is 10.2. The molecule has 1 aromatic carbocycles. The maximum atomic E-state index is 12.3. The number of nitrogens with one attached hydrogen (secondary N) is 1. The molecule has 1 aromatic heterocycles. The minimum Gasteiger partial charge on any atom is -0.598 e.